The van der Waals surface area contributed by atoms with Crippen LogP contribution in [-0.4, -0.2) is 54.2 Å². The molecule has 5 nitrogen and oxygen atoms in total. The molecular weight excluding hydrogens is 346 g/mol. The molecule has 0 radical (unpaired) electrons. The second-order valence-electron chi connectivity index (χ2n) is 8.02. The average molecular weight is 376 g/mol. The predicted octanol–water partition coefficient (Wildman–Crippen LogP) is 2.75. The third-order valence-electron chi connectivity index (χ3n) is 5.34. The van der Waals surface area contributed by atoms with Crippen molar-refractivity contribution < 1.29 is 9.59 Å². The fourth-order valence-electron chi connectivity index (χ4n) is 3.69. The number of carbonyl (C=O) groups excluding carboxylic acids is 2. The zero-order valence-corrected chi connectivity index (χ0v) is 16.8. The van der Waals surface area contributed by atoms with E-state index in [0.717, 1.165) is 23.7 Å². The Bertz CT molecular complexity index is 677. The summed E-state index contributed by atoms with van der Waals surface area (Å²) in [4.78, 5) is 30.0. The molecule has 3 rings (SSSR count). The standard InChI is InChI=1S/C20H29N3O2S/c1-15-7-6-10-22(11-15)20(2,3)14-21-18(24)12-23-16-8-4-5-9-17(16)26-13-19(23)25/h4-5,8-9,15H,6-7,10-14H2,1-3H3,(H,21,24)/t15-/m1/s1. The number of benzene rings is 1. The van der Waals surface area contributed by atoms with Gasteiger partial charge in [-0.1, -0.05) is 19.1 Å². The molecule has 0 unspecified atom stereocenters. The summed E-state index contributed by atoms with van der Waals surface area (Å²) in [5, 5.41) is 3.05. The van der Waals surface area contributed by atoms with Crippen molar-refractivity contribution in [1.82, 2.24) is 10.2 Å². The number of carbonyl (C=O) groups is 2. The van der Waals surface area contributed by atoms with Crippen LogP contribution in [0.15, 0.2) is 29.2 Å². The van der Waals surface area contributed by atoms with Crippen LogP contribution in [0.25, 0.3) is 0 Å². The van der Waals surface area contributed by atoms with E-state index in [1.165, 1.54) is 24.6 Å². The quantitative estimate of drug-likeness (QED) is 0.860. The molecule has 1 aromatic carbocycles. The zero-order chi connectivity index (χ0) is 18.7. The molecule has 6 heteroatoms. The van der Waals surface area contributed by atoms with Gasteiger partial charge in [-0.2, -0.15) is 0 Å². The van der Waals surface area contributed by atoms with Crippen molar-refractivity contribution in [3.63, 3.8) is 0 Å². The normalized spacial score (nSPS) is 21.4. The van der Waals surface area contributed by atoms with E-state index in [1.54, 1.807) is 4.90 Å². The Balaban J connectivity index is 1.58. The molecule has 0 aliphatic carbocycles. The van der Waals surface area contributed by atoms with E-state index in [1.807, 2.05) is 24.3 Å². The van der Waals surface area contributed by atoms with Crippen LogP contribution in [0.4, 0.5) is 5.69 Å². The first-order valence-corrected chi connectivity index (χ1v) is 10.4. The van der Waals surface area contributed by atoms with Crippen LogP contribution in [0.5, 0.6) is 0 Å². The van der Waals surface area contributed by atoms with Crippen molar-refractivity contribution in [3.8, 4) is 0 Å². The predicted molar refractivity (Wildman–Crippen MR) is 107 cm³/mol. The molecular formula is C20H29N3O2S. The number of anilines is 1. The summed E-state index contributed by atoms with van der Waals surface area (Å²) in [6.07, 6.45) is 2.50. The van der Waals surface area contributed by atoms with E-state index in [0.29, 0.717) is 18.2 Å². The highest BCUT2D eigenvalue weighted by Crippen LogP contribution is 2.34. The lowest BCUT2D eigenvalue weighted by Crippen LogP contribution is -2.55. The lowest BCUT2D eigenvalue weighted by molar-refractivity contribution is -0.123. The number of fused-ring (bicyclic) bond motifs is 1. The largest absolute Gasteiger partial charge is 0.353 e. The summed E-state index contributed by atoms with van der Waals surface area (Å²) in [7, 11) is 0. The molecule has 2 amide bonds. The number of para-hydroxylation sites is 1. The molecule has 2 aliphatic heterocycles. The molecule has 0 saturated carbocycles. The van der Waals surface area contributed by atoms with E-state index >= 15 is 0 Å². The maximum Gasteiger partial charge on any atom is 0.240 e. The third-order valence-corrected chi connectivity index (χ3v) is 6.39. The van der Waals surface area contributed by atoms with Gasteiger partial charge in [0.1, 0.15) is 6.54 Å². The monoisotopic (exact) mass is 375 g/mol. The fourth-order valence-corrected chi connectivity index (χ4v) is 4.63. The number of likely N-dealkylation sites (tertiary alicyclic amines) is 1. The summed E-state index contributed by atoms with van der Waals surface area (Å²) >= 11 is 1.53. The Morgan fingerprint density at radius 1 is 1.35 bits per heavy atom. The zero-order valence-electron chi connectivity index (χ0n) is 16.0. The first-order chi connectivity index (χ1) is 12.4. The Morgan fingerprint density at radius 3 is 2.88 bits per heavy atom. The van der Waals surface area contributed by atoms with Gasteiger partial charge in [-0.25, -0.2) is 0 Å². The van der Waals surface area contributed by atoms with E-state index < -0.39 is 0 Å². The first-order valence-electron chi connectivity index (χ1n) is 9.41. The molecule has 2 heterocycles. The van der Waals surface area contributed by atoms with E-state index in [4.69, 9.17) is 0 Å². The minimum Gasteiger partial charge on any atom is -0.353 e. The highest BCUT2D eigenvalue weighted by atomic mass is 32.2. The van der Waals surface area contributed by atoms with Gasteiger partial charge in [-0.3, -0.25) is 14.5 Å². The maximum atomic E-state index is 12.5. The molecule has 0 bridgehead atoms. The van der Waals surface area contributed by atoms with E-state index in [2.05, 4.69) is 31.0 Å². The summed E-state index contributed by atoms with van der Waals surface area (Å²) in [5.41, 5.74) is 0.761. The Labute approximate surface area is 160 Å². The van der Waals surface area contributed by atoms with Crippen LogP contribution >= 0.6 is 11.8 Å². The Hall–Kier alpha value is -1.53. The topological polar surface area (TPSA) is 52.7 Å². The number of hydrogen-bond acceptors (Lipinski definition) is 4. The second-order valence-corrected chi connectivity index (χ2v) is 9.04. The van der Waals surface area contributed by atoms with Gasteiger partial charge in [-0.05, 0) is 51.3 Å². The van der Waals surface area contributed by atoms with Crippen LogP contribution in [0.1, 0.15) is 33.6 Å². The lowest BCUT2D eigenvalue weighted by Gasteiger charge is -2.43. The summed E-state index contributed by atoms with van der Waals surface area (Å²) in [6.45, 7) is 9.51. The van der Waals surface area contributed by atoms with Crippen LogP contribution in [-0.2, 0) is 9.59 Å². The Morgan fingerprint density at radius 2 is 2.12 bits per heavy atom. The van der Waals surface area contributed by atoms with Crippen molar-refractivity contribution in [1.29, 1.82) is 0 Å². The molecule has 1 saturated heterocycles. The number of thioether (sulfide) groups is 1. The molecule has 26 heavy (non-hydrogen) atoms. The van der Waals surface area contributed by atoms with Crippen molar-refractivity contribution in [2.45, 2.75) is 44.0 Å². The number of rotatable bonds is 5. The molecule has 1 fully saturated rings. The smallest absolute Gasteiger partial charge is 0.240 e. The molecule has 0 spiro atoms. The summed E-state index contributed by atoms with van der Waals surface area (Å²) in [5.74, 6) is 0.992. The average Bonchev–Trinajstić information content (AvgIpc) is 2.62. The minimum atomic E-state index is -0.0989. The summed E-state index contributed by atoms with van der Waals surface area (Å²) in [6, 6.07) is 7.77. The van der Waals surface area contributed by atoms with Gasteiger partial charge in [0, 0.05) is 23.5 Å². The number of piperidine rings is 1. The van der Waals surface area contributed by atoms with Crippen LogP contribution in [0.2, 0.25) is 0 Å². The van der Waals surface area contributed by atoms with Gasteiger partial charge < -0.3 is 10.2 Å². The highest BCUT2D eigenvalue weighted by molar-refractivity contribution is 8.00. The number of nitrogens with one attached hydrogen (secondary N) is 1. The summed E-state index contributed by atoms with van der Waals surface area (Å²) < 4.78 is 0. The van der Waals surface area contributed by atoms with Gasteiger partial charge in [0.05, 0.1) is 11.4 Å². The maximum absolute atomic E-state index is 12.5. The fraction of sp³-hybridized carbons (Fsp3) is 0.600. The SMILES string of the molecule is C[C@@H]1CCCN(C(C)(C)CNC(=O)CN2C(=O)CSc3ccccc32)C1. The van der Waals surface area contributed by atoms with E-state index in [-0.39, 0.29) is 23.9 Å². The van der Waals surface area contributed by atoms with Crippen LogP contribution in [0.3, 0.4) is 0 Å². The lowest BCUT2D eigenvalue weighted by atomic mass is 9.93. The second kappa shape index (κ2) is 8.01. The van der Waals surface area contributed by atoms with Gasteiger partial charge in [0.15, 0.2) is 0 Å². The van der Waals surface area contributed by atoms with Crippen molar-refractivity contribution in [2.24, 2.45) is 5.92 Å². The van der Waals surface area contributed by atoms with Crippen molar-refractivity contribution >= 4 is 29.3 Å². The number of amides is 2. The third kappa shape index (κ3) is 4.41. The van der Waals surface area contributed by atoms with Crippen molar-refractivity contribution in [3.05, 3.63) is 24.3 Å². The number of hydrogen-bond donors (Lipinski definition) is 1. The molecule has 0 aromatic heterocycles. The van der Waals surface area contributed by atoms with Gasteiger partial charge >= 0.3 is 0 Å². The van der Waals surface area contributed by atoms with Gasteiger partial charge in [0.25, 0.3) is 0 Å². The van der Waals surface area contributed by atoms with E-state index in [9.17, 15) is 9.59 Å². The molecule has 142 valence electrons. The molecule has 1 atom stereocenters. The molecule has 2 aliphatic rings. The number of nitrogens with zero attached hydrogens (tertiary/aromatic N) is 2. The minimum absolute atomic E-state index is 0.00651. The van der Waals surface area contributed by atoms with Crippen molar-refractivity contribution in [2.75, 3.05) is 36.8 Å². The molecule has 1 aromatic rings. The highest BCUT2D eigenvalue weighted by Gasteiger charge is 2.31. The first kappa shape index (κ1) is 19.2. The molecule has 1 N–H and O–H groups in total. The Kier molecular flexibility index (Phi) is 5.92. The van der Waals surface area contributed by atoms with Gasteiger partial charge in [-0.15, -0.1) is 11.8 Å². The van der Waals surface area contributed by atoms with Crippen LogP contribution in [0, 0.1) is 5.92 Å². The van der Waals surface area contributed by atoms with Gasteiger partial charge in [0.2, 0.25) is 11.8 Å². The van der Waals surface area contributed by atoms with Crippen LogP contribution < -0.4 is 10.2 Å².